The zero-order valence-electron chi connectivity index (χ0n) is 14.3. The molecule has 126 valence electrons. The van der Waals surface area contributed by atoms with Gasteiger partial charge in [-0.3, -0.25) is 4.79 Å². The van der Waals surface area contributed by atoms with Crippen molar-refractivity contribution in [2.45, 2.75) is 20.8 Å². The Hall–Kier alpha value is -2.23. The zero-order chi connectivity index (χ0) is 17.5. The Morgan fingerprint density at radius 2 is 2.12 bits per heavy atom. The Morgan fingerprint density at radius 1 is 1.38 bits per heavy atom. The minimum absolute atomic E-state index is 0.0835. The molecule has 0 aliphatic carbocycles. The lowest BCUT2D eigenvalue weighted by Gasteiger charge is -2.17. The van der Waals surface area contributed by atoms with Crippen molar-refractivity contribution >= 4 is 17.2 Å². The van der Waals surface area contributed by atoms with Gasteiger partial charge in [0.15, 0.2) is 0 Å². The lowest BCUT2D eigenvalue weighted by Crippen LogP contribution is -2.34. The molecule has 1 aromatic heterocycles. The quantitative estimate of drug-likeness (QED) is 0.839. The number of likely N-dealkylation sites (N-methyl/N-ethyl adjacent to an activating group) is 1. The van der Waals surface area contributed by atoms with Gasteiger partial charge in [0.05, 0.1) is 17.3 Å². The molecule has 2 rings (SSSR count). The van der Waals surface area contributed by atoms with Crippen LogP contribution in [-0.4, -0.2) is 42.0 Å². The largest absolute Gasteiger partial charge is 0.350 e. The van der Waals surface area contributed by atoms with E-state index in [-0.39, 0.29) is 5.91 Å². The van der Waals surface area contributed by atoms with Crippen LogP contribution in [0.5, 0.6) is 0 Å². The van der Waals surface area contributed by atoms with Crippen molar-refractivity contribution < 1.29 is 4.79 Å². The van der Waals surface area contributed by atoms with Crippen LogP contribution in [0.15, 0.2) is 24.3 Å². The number of amides is 1. The maximum absolute atomic E-state index is 12.4. The average molecular weight is 342 g/mol. The summed E-state index contributed by atoms with van der Waals surface area (Å²) >= 11 is 1.36. The molecule has 0 radical (unpaired) electrons. The zero-order valence-corrected chi connectivity index (χ0v) is 15.1. The number of nitrogens with one attached hydrogen (secondary N) is 1. The SMILES string of the molecule is CCN(CC)CCNC(=O)c1sc(-c2cccc(C#N)c2)nc1C. The normalized spacial score (nSPS) is 10.6. The number of rotatable bonds is 7. The molecule has 2 aromatic rings. The molecule has 0 atom stereocenters. The minimum Gasteiger partial charge on any atom is -0.350 e. The van der Waals surface area contributed by atoms with Crippen molar-refractivity contribution in [3.63, 3.8) is 0 Å². The summed E-state index contributed by atoms with van der Waals surface area (Å²) in [5.74, 6) is -0.0835. The Kier molecular flexibility index (Phi) is 6.47. The molecule has 0 fully saturated rings. The molecule has 0 saturated heterocycles. The summed E-state index contributed by atoms with van der Waals surface area (Å²) in [7, 11) is 0. The van der Waals surface area contributed by atoms with Crippen molar-refractivity contribution in [2.75, 3.05) is 26.2 Å². The van der Waals surface area contributed by atoms with Gasteiger partial charge in [0.25, 0.3) is 5.91 Å². The van der Waals surface area contributed by atoms with Crippen LogP contribution in [0.2, 0.25) is 0 Å². The number of benzene rings is 1. The van der Waals surface area contributed by atoms with Gasteiger partial charge >= 0.3 is 0 Å². The summed E-state index contributed by atoms with van der Waals surface area (Å²) < 4.78 is 0. The molecule has 0 spiro atoms. The fourth-order valence-electron chi connectivity index (χ4n) is 2.40. The first-order chi connectivity index (χ1) is 11.6. The second kappa shape index (κ2) is 8.57. The highest BCUT2D eigenvalue weighted by molar-refractivity contribution is 7.17. The van der Waals surface area contributed by atoms with E-state index in [1.807, 2.05) is 19.1 Å². The van der Waals surface area contributed by atoms with Crippen LogP contribution < -0.4 is 5.32 Å². The molecule has 0 saturated carbocycles. The van der Waals surface area contributed by atoms with Gasteiger partial charge in [0.1, 0.15) is 9.88 Å². The number of aryl methyl sites for hydroxylation is 1. The van der Waals surface area contributed by atoms with E-state index in [0.29, 0.717) is 17.0 Å². The van der Waals surface area contributed by atoms with E-state index >= 15 is 0 Å². The summed E-state index contributed by atoms with van der Waals surface area (Å²) in [5.41, 5.74) is 2.17. The summed E-state index contributed by atoms with van der Waals surface area (Å²) in [4.78, 5) is 19.8. The Labute approximate surface area is 146 Å². The third kappa shape index (κ3) is 4.40. The molecule has 1 heterocycles. The van der Waals surface area contributed by atoms with Crippen molar-refractivity contribution in [3.8, 4) is 16.6 Å². The summed E-state index contributed by atoms with van der Waals surface area (Å²) in [6.07, 6.45) is 0. The van der Waals surface area contributed by atoms with Crippen molar-refractivity contribution in [2.24, 2.45) is 0 Å². The monoisotopic (exact) mass is 342 g/mol. The Bertz CT molecular complexity index is 744. The number of nitrogens with zero attached hydrogens (tertiary/aromatic N) is 3. The number of thiazole rings is 1. The van der Waals surface area contributed by atoms with Gasteiger partial charge in [-0.2, -0.15) is 5.26 Å². The predicted octanol–water partition coefficient (Wildman–Crippen LogP) is 3.06. The summed E-state index contributed by atoms with van der Waals surface area (Å²) in [6.45, 7) is 9.48. The second-order valence-corrected chi connectivity index (χ2v) is 6.41. The topological polar surface area (TPSA) is 69.0 Å². The molecular formula is C18H22N4OS. The van der Waals surface area contributed by atoms with Crippen LogP contribution in [0, 0.1) is 18.3 Å². The van der Waals surface area contributed by atoms with Crippen LogP contribution in [0.4, 0.5) is 0 Å². The molecular weight excluding hydrogens is 320 g/mol. The number of hydrogen-bond acceptors (Lipinski definition) is 5. The molecule has 1 amide bonds. The first-order valence-electron chi connectivity index (χ1n) is 8.07. The lowest BCUT2D eigenvalue weighted by atomic mass is 10.1. The smallest absolute Gasteiger partial charge is 0.263 e. The molecule has 1 N–H and O–H groups in total. The highest BCUT2D eigenvalue weighted by atomic mass is 32.1. The fraction of sp³-hybridized carbons (Fsp3) is 0.389. The van der Waals surface area contributed by atoms with Gasteiger partial charge in [0, 0.05) is 18.7 Å². The van der Waals surface area contributed by atoms with Crippen molar-refractivity contribution in [3.05, 3.63) is 40.4 Å². The van der Waals surface area contributed by atoms with E-state index in [9.17, 15) is 4.79 Å². The highest BCUT2D eigenvalue weighted by Gasteiger charge is 2.16. The van der Waals surface area contributed by atoms with E-state index in [2.05, 4.69) is 35.1 Å². The van der Waals surface area contributed by atoms with E-state index in [0.717, 1.165) is 35.9 Å². The predicted molar refractivity (Wildman–Crippen MR) is 97.1 cm³/mol. The third-order valence-electron chi connectivity index (χ3n) is 3.85. The minimum atomic E-state index is -0.0835. The van der Waals surface area contributed by atoms with Gasteiger partial charge in [-0.1, -0.05) is 26.0 Å². The molecule has 0 aliphatic heterocycles. The molecule has 6 heteroatoms. The number of hydrogen-bond donors (Lipinski definition) is 1. The summed E-state index contributed by atoms with van der Waals surface area (Å²) in [6, 6.07) is 9.40. The number of carbonyl (C=O) groups is 1. The van der Waals surface area contributed by atoms with Crippen LogP contribution >= 0.6 is 11.3 Å². The highest BCUT2D eigenvalue weighted by Crippen LogP contribution is 2.28. The van der Waals surface area contributed by atoms with Crippen LogP contribution in [-0.2, 0) is 0 Å². The molecule has 0 unspecified atom stereocenters. The maximum Gasteiger partial charge on any atom is 0.263 e. The van der Waals surface area contributed by atoms with Crippen molar-refractivity contribution in [1.29, 1.82) is 5.26 Å². The summed E-state index contributed by atoms with van der Waals surface area (Å²) in [5, 5.41) is 12.7. The number of carbonyl (C=O) groups excluding carboxylic acids is 1. The number of nitriles is 1. The maximum atomic E-state index is 12.4. The Balaban J connectivity index is 2.08. The average Bonchev–Trinajstić information content (AvgIpc) is 3.00. The second-order valence-electron chi connectivity index (χ2n) is 5.41. The first-order valence-corrected chi connectivity index (χ1v) is 8.89. The van der Waals surface area contributed by atoms with Crippen LogP contribution in [0.25, 0.3) is 10.6 Å². The van der Waals surface area contributed by atoms with Crippen molar-refractivity contribution in [1.82, 2.24) is 15.2 Å². The van der Waals surface area contributed by atoms with E-state index in [1.165, 1.54) is 11.3 Å². The van der Waals surface area contributed by atoms with Gasteiger partial charge in [-0.05, 0) is 32.1 Å². The fourth-order valence-corrected chi connectivity index (χ4v) is 3.38. The van der Waals surface area contributed by atoms with Gasteiger partial charge in [0.2, 0.25) is 0 Å². The lowest BCUT2D eigenvalue weighted by molar-refractivity contribution is 0.0952. The van der Waals surface area contributed by atoms with Crippen LogP contribution in [0.1, 0.15) is 34.8 Å². The number of aromatic nitrogens is 1. The molecule has 24 heavy (non-hydrogen) atoms. The van der Waals surface area contributed by atoms with E-state index in [4.69, 9.17) is 5.26 Å². The first kappa shape index (κ1) is 18.1. The van der Waals surface area contributed by atoms with Crippen LogP contribution in [0.3, 0.4) is 0 Å². The third-order valence-corrected chi connectivity index (χ3v) is 5.05. The molecule has 5 nitrogen and oxygen atoms in total. The molecule has 0 aliphatic rings. The van der Waals surface area contributed by atoms with E-state index in [1.54, 1.807) is 12.1 Å². The van der Waals surface area contributed by atoms with Gasteiger partial charge in [-0.25, -0.2) is 4.98 Å². The van der Waals surface area contributed by atoms with Gasteiger partial charge < -0.3 is 10.2 Å². The van der Waals surface area contributed by atoms with Gasteiger partial charge in [-0.15, -0.1) is 11.3 Å². The molecule has 1 aromatic carbocycles. The van der Waals surface area contributed by atoms with E-state index < -0.39 is 0 Å². The Morgan fingerprint density at radius 3 is 2.79 bits per heavy atom. The standard InChI is InChI=1S/C18H22N4OS/c1-4-22(5-2)10-9-20-17(23)16-13(3)21-18(24-16)15-8-6-7-14(11-15)12-19/h6-8,11H,4-5,9-10H2,1-3H3,(H,20,23). The molecule has 0 bridgehead atoms.